The Morgan fingerprint density at radius 1 is 1.20 bits per heavy atom. The standard InChI is InChI=1S/C14H22N4O2/c1-17(2)13(19)10-18(3)9-12(14(20)16-15)11-7-5-4-6-8-11/h4-8,12H,9-10,15H2,1-3H3,(H,16,20). The molecule has 0 aliphatic heterocycles. The predicted octanol–water partition coefficient (Wildman–Crippen LogP) is -0.220. The number of hydrogen-bond acceptors (Lipinski definition) is 4. The minimum absolute atomic E-state index is 0.00697. The third kappa shape index (κ3) is 4.64. The maximum absolute atomic E-state index is 11.9. The third-order valence-corrected chi connectivity index (χ3v) is 3.06. The van der Waals surface area contributed by atoms with E-state index < -0.39 is 5.92 Å². The Hall–Kier alpha value is -1.92. The van der Waals surface area contributed by atoms with Crippen molar-refractivity contribution in [3.8, 4) is 0 Å². The Bertz CT molecular complexity index is 448. The molecule has 0 saturated heterocycles. The minimum atomic E-state index is -0.402. The zero-order valence-electron chi connectivity index (χ0n) is 12.2. The van der Waals surface area contributed by atoms with Gasteiger partial charge in [-0.2, -0.15) is 0 Å². The summed E-state index contributed by atoms with van der Waals surface area (Å²) in [7, 11) is 5.22. The van der Waals surface area contributed by atoms with Gasteiger partial charge in [-0.3, -0.25) is 19.9 Å². The topological polar surface area (TPSA) is 78.7 Å². The highest BCUT2D eigenvalue weighted by Crippen LogP contribution is 2.16. The van der Waals surface area contributed by atoms with Gasteiger partial charge in [0, 0.05) is 20.6 Å². The van der Waals surface area contributed by atoms with E-state index >= 15 is 0 Å². The van der Waals surface area contributed by atoms with Crippen molar-refractivity contribution in [2.24, 2.45) is 5.84 Å². The molecule has 20 heavy (non-hydrogen) atoms. The third-order valence-electron chi connectivity index (χ3n) is 3.06. The minimum Gasteiger partial charge on any atom is -0.348 e. The van der Waals surface area contributed by atoms with Gasteiger partial charge in [-0.25, -0.2) is 5.84 Å². The van der Waals surface area contributed by atoms with E-state index in [0.717, 1.165) is 5.56 Å². The van der Waals surface area contributed by atoms with E-state index in [1.54, 1.807) is 21.1 Å². The molecular weight excluding hydrogens is 256 g/mol. The normalized spacial score (nSPS) is 12.1. The maximum Gasteiger partial charge on any atom is 0.242 e. The Labute approximate surface area is 119 Å². The molecule has 0 radical (unpaired) electrons. The lowest BCUT2D eigenvalue weighted by molar-refractivity contribution is -0.130. The molecule has 0 aliphatic carbocycles. The highest BCUT2D eigenvalue weighted by molar-refractivity contribution is 5.83. The van der Waals surface area contributed by atoms with E-state index in [1.165, 1.54) is 4.90 Å². The van der Waals surface area contributed by atoms with Crippen LogP contribution in [0, 0.1) is 0 Å². The van der Waals surface area contributed by atoms with E-state index in [1.807, 2.05) is 35.2 Å². The van der Waals surface area contributed by atoms with Crippen molar-refractivity contribution >= 4 is 11.8 Å². The highest BCUT2D eigenvalue weighted by atomic mass is 16.2. The number of hydrogen-bond donors (Lipinski definition) is 2. The van der Waals surface area contributed by atoms with Crippen LogP contribution < -0.4 is 11.3 Å². The lowest BCUT2D eigenvalue weighted by Gasteiger charge is -2.24. The van der Waals surface area contributed by atoms with E-state index in [-0.39, 0.29) is 18.4 Å². The van der Waals surface area contributed by atoms with Crippen LogP contribution in [0.25, 0.3) is 0 Å². The second kappa shape index (κ2) is 7.62. The van der Waals surface area contributed by atoms with Crippen LogP contribution >= 0.6 is 0 Å². The van der Waals surface area contributed by atoms with E-state index in [9.17, 15) is 9.59 Å². The van der Waals surface area contributed by atoms with Gasteiger partial charge in [-0.1, -0.05) is 30.3 Å². The molecule has 1 atom stereocenters. The smallest absolute Gasteiger partial charge is 0.242 e. The van der Waals surface area contributed by atoms with Crippen LogP contribution in [0.3, 0.4) is 0 Å². The molecule has 3 N–H and O–H groups in total. The molecule has 0 heterocycles. The number of carbonyl (C=O) groups excluding carboxylic acids is 2. The number of likely N-dealkylation sites (N-methyl/N-ethyl adjacent to an activating group) is 2. The first-order valence-electron chi connectivity index (χ1n) is 6.39. The quantitative estimate of drug-likeness (QED) is 0.428. The predicted molar refractivity (Wildman–Crippen MR) is 77.7 cm³/mol. The fourth-order valence-corrected chi connectivity index (χ4v) is 1.87. The molecule has 6 heteroatoms. The first-order valence-corrected chi connectivity index (χ1v) is 6.39. The highest BCUT2D eigenvalue weighted by Gasteiger charge is 2.22. The molecule has 0 spiro atoms. The van der Waals surface area contributed by atoms with Crippen LogP contribution in [0.2, 0.25) is 0 Å². The summed E-state index contributed by atoms with van der Waals surface area (Å²) >= 11 is 0. The summed E-state index contributed by atoms with van der Waals surface area (Å²) in [5, 5.41) is 0. The number of amides is 2. The van der Waals surface area contributed by atoms with Crippen molar-refractivity contribution in [2.75, 3.05) is 34.2 Å². The fourth-order valence-electron chi connectivity index (χ4n) is 1.87. The molecule has 6 nitrogen and oxygen atoms in total. The average molecular weight is 278 g/mol. The summed E-state index contributed by atoms with van der Waals surface area (Å²) in [5.74, 6) is 4.57. The first-order chi connectivity index (χ1) is 9.45. The van der Waals surface area contributed by atoms with Gasteiger partial charge in [-0.05, 0) is 12.6 Å². The average Bonchev–Trinajstić information content (AvgIpc) is 2.44. The summed E-state index contributed by atoms with van der Waals surface area (Å²) in [6.07, 6.45) is 0. The molecule has 2 amide bonds. The lowest BCUT2D eigenvalue weighted by atomic mass is 9.98. The van der Waals surface area contributed by atoms with Crippen LogP contribution in [0.15, 0.2) is 30.3 Å². The summed E-state index contributed by atoms with van der Waals surface area (Å²) in [5.41, 5.74) is 3.06. The fraction of sp³-hybridized carbons (Fsp3) is 0.429. The molecule has 1 aromatic rings. The van der Waals surface area contributed by atoms with E-state index in [2.05, 4.69) is 5.43 Å². The van der Waals surface area contributed by atoms with Crippen molar-refractivity contribution in [3.63, 3.8) is 0 Å². The lowest BCUT2D eigenvalue weighted by Crippen LogP contribution is -2.42. The Morgan fingerprint density at radius 2 is 1.80 bits per heavy atom. The van der Waals surface area contributed by atoms with Crippen molar-refractivity contribution in [1.29, 1.82) is 0 Å². The zero-order valence-corrected chi connectivity index (χ0v) is 12.2. The number of nitrogens with one attached hydrogen (secondary N) is 1. The number of carbonyl (C=O) groups is 2. The molecule has 0 aromatic heterocycles. The van der Waals surface area contributed by atoms with Gasteiger partial charge in [0.1, 0.15) is 0 Å². The Kier molecular flexibility index (Phi) is 6.14. The van der Waals surface area contributed by atoms with E-state index in [4.69, 9.17) is 5.84 Å². The van der Waals surface area contributed by atoms with E-state index in [0.29, 0.717) is 6.54 Å². The summed E-state index contributed by atoms with van der Waals surface area (Å²) in [6, 6.07) is 9.39. The first kappa shape index (κ1) is 16.1. The van der Waals surface area contributed by atoms with Crippen molar-refractivity contribution in [1.82, 2.24) is 15.2 Å². The van der Waals surface area contributed by atoms with Gasteiger partial charge < -0.3 is 4.90 Å². The van der Waals surface area contributed by atoms with Gasteiger partial charge in [-0.15, -0.1) is 0 Å². The maximum atomic E-state index is 11.9. The Balaban J connectivity index is 2.76. The molecule has 0 bridgehead atoms. The molecular formula is C14H22N4O2. The number of hydrazine groups is 1. The summed E-state index contributed by atoms with van der Waals surface area (Å²) in [4.78, 5) is 26.9. The molecule has 0 fully saturated rings. The van der Waals surface area contributed by atoms with Crippen LogP contribution in [-0.4, -0.2) is 55.8 Å². The number of benzene rings is 1. The van der Waals surface area contributed by atoms with Gasteiger partial charge in [0.15, 0.2) is 0 Å². The molecule has 110 valence electrons. The number of nitrogens with zero attached hydrogens (tertiary/aromatic N) is 2. The summed E-state index contributed by atoms with van der Waals surface area (Å²) < 4.78 is 0. The van der Waals surface area contributed by atoms with Gasteiger partial charge >= 0.3 is 0 Å². The van der Waals surface area contributed by atoms with Gasteiger partial charge in [0.25, 0.3) is 0 Å². The van der Waals surface area contributed by atoms with Crippen molar-refractivity contribution in [2.45, 2.75) is 5.92 Å². The second-order valence-corrected chi connectivity index (χ2v) is 4.96. The molecule has 0 aliphatic rings. The van der Waals surface area contributed by atoms with Gasteiger partial charge in [0.05, 0.1) is 12.5 Å². The number of rotatable bonds is 6. The van der Waals surface area contributed by atoms with Crippen LogP contribution in [0.4, 0.5) is 0 Å². The van der Waals surface area contributed by atoms with Crippen LogP contribution in [0.5, 0.6) is 0 Å². The monoisotopic (exact) mass is 278 g/mol. The van der Waals surface area contributed by atoms with Crippen LogP contribution in [-0.2, 0) is 9.59 Å². The van der Waals surface area contributed by atoms with Crippen molar-refractivity contribution in [3.05, 3.63) is 35.9 Å². The van der Waals surface area contributed by atoms with Gasteiger partial charge in [0.2, 0.25) is 11.8 Å². The van der Waals surface area contributed by atoms with Crippen LogP contribution in [0.1, 0.15) is 11.5 Å². The number of nitrogens with two attached hydrogens (primary N) is 1. The molecule has 1 unspecified atom stereocenters. The molecule has 0 saturated carbocycles. The molecule has 1 rings (SSSR count). The zero-order chi connectivity index (χ0) is 15.1. The molecule has 1 aromatic carbocycles. The second-order valence-electron chi connectivity index (χ2n) is 4.96. The largest absolute Gasteiger partial charge is 0.348 e. The SMILES string of the molecule is CN(CC(=O)N(C)C)CC(C(=O)NN)c1ccccc1. The Morgan fingerprint density at radius 3 is 2.30 bits per heavy atom. The van der Waals surface area contributed by atoms with Crippen molar-refractivity contribution < 1.29 is 9.59 Å². The summed E-state index contributed by atoms with van der Waals surface area (Å²) in [6.45, 7) is 0.681.